The van der Waals surface area contributed by atoms with Crippen LogP contribution in [0.25, 0.3) is 5.69 Å². The van der Waals surface area contributed by atoms with E-state index in [-0.39, 0.29) is 11.8 Å². The number of aromatic nitrogens is 3. The first-order valence-electron chi connectivity index (χ1n) is 5.94. The second kappa shape index (κ2) is 5.85. The van der Waals surface area contributed by atoms with Crippen LogP contribution in [0, 0.1) is 0 Å². The van der Waals surface area contributed by atoms with Crippen LogP contribution >= 0.6 is 12.2 Å². The zero-order chi connectivity index (χ0) is 18.3. The molecule has 0 radical (unpaired) electrons. The number of alkyl halides is 6. The van der Waals surface area contributed by atoms with Crippen molar-refractivity contribution < 1.29 is 26.3 Å². The zero-order valence-corrected chi connectivity index (χ0v) is 12.1. The predicted octanol–water partition coefficient (Wildman–Crippen LogP) is 2.30. The van der Waals surface area contributed by atoms with Crippen LogP contribution in [0.5, 0.6) is 0 Å². The first kappa shape index (κ1) is 17.8. The predicted molar refractivity (Wildman–Crippen MR) is 73.5 cm³/mol. The number of thiocarbonyl (C=S) groups is 1. The number of rotatable bonds is 2. The Kier molecular flexibility index (Phi) is 4.35. The summed E-state index contributed by atoms with van der Waals surface area (Å²) in [6.07, 6.45) is -8.79. The van der Waals surface area contributed by atoms with Crippen LogP contribution in [0.15, 0.2) is 29.5 Å². The number of halogens is 6. The molecule has 5 nitrogen and oxygen atoms in total. The lowest BCUT2D eigenvalue weighted by atomic mass is 10.2. The van der Waals surface area contributed by atoms with Crippen molar-refractivity contribution in [2.75, 3.05) is 0 Å². The number of nitrogens with two attached hydrogens (primary N) is 1. The molecule has 2 N–H and O–H groups in total. The van der Waals surface area contributed by atoms with Crippen molar-refractivity contribution in [1.29, 1.82) is 0 Å². The number of nitrogens with zero attached hydrogens (tertiary/aromatic N) is 3. The van der Waals surface area contributed by atoms with Crippen molar-refractivity contribution in [2.24, 2.45) is 5.73 Å². The van der Waals surface area contributed by atoms with E-state index < -0.39 is 39.8 Å². The molecule has 128 valence electrons. The minimum absolute atomic E-state index is 0.142. The lowest BCUT2D eigenvalue weighted by Gasteiger charge is -2.14. The van der Waals surface area contributed by atoms with Gasteiger partial charge in [-0.15, -0.1) is 0 Å². The molecule has 2 rings (SSSR count). The highest BCUT2D eigenvalue weighted by Gasteiger charge is 2.34. The molecule has 0 aromatic carbocycles. The molecule has 0 aliphatic carbocycles. The van der Waals surface area contributed by atoms with Crippen LogP contribution in [-0.2, 0) is 12.4 Å². The third-order valence-corrected chi connectivity index (χ3v) is 2.98. The summed E-state index contributed by atoms with van der Waals surface area (Å²) < 4.78 is 76.3. The maximum Gasteiger partial charge on any atom is 0.433 e. The zero-order valence-electron chi connectivity index (χ0n) is 11.3. The van der Waals surface area contributed by atoms with Gasteiger partial charge in [-0.3, -0.25) is 14.3 Å². The largest absolute Gasteiger partial charge is 0.433 e. The summed E-state index contributed by atoms with van der Waals surface area (Å²) in [5, 5.41) is 0. The van der Waals surface area contributed by atoms with Gasteiger partial charge in [0.15, 0.2) is 5.69 Å². The Balaban J connectivity index is 2.71. The highest BCUT2D eigenvalue weighted by Crippen LogP contribution is 2.31. The van der Waals surface area contributed by atoms with Crippen LogP contribution in [0.1, 0.15) is 17.0 Å². The Morgan fingerprint density at radius 1 is 1.08 bits per heavy atom. The van der Waals surface area contributed by atoms with E-state index >= 15 is 0 Å². The number of hydrogen-bond acceptors (Lipinski definition) is 4. The maximum atomic E-state index is 12.8. The smallest absolute Gasteiger partial charge is 0.388 e. The van der Waals surface area contributed by atoms with E-state index in [1.54, 1.807) is 0 Å². The second-order valence-corrected chi connectivity index (χ2v) is 4.87. The molecule has 0 fully saturated rings. The van der Waals surface area contributed by atoms with Crippen molar-refractivity contribution in [1.82, 2.24) is 14.5 Å². The fraction of sp³-hybridized carbons (Fsp3) is 0.167. The lowest BCUT2D eigenvalue weighted by Crippen LogP contribution is -2.26. The van der Waals surface area contributed by atoms with E-state index in [0.29, 0.717) is 23.2 Å². The van der Waals surface area contributed by atoms with Crippen LogP contribution in [0.4, 0.5) is 26.3 Å². The third kappa shape index (κ3) is 3.53. The molecule has 2 aromatic rings. The summed E-state index contributed by atoms with van der Waals surface area (Å²) in [4.78, 5) is 17.9. The van der Waals surface area contributed by atoms with Crippen LogP contribution < -0.4 is 11.3 Å². The van der Waals surface area contributed by atoms with E-state index in [4.69, 9.17) is 5.73 Å². The molecular formula is C12H6F6N4OS. The quantitative estimate of drug-likeness (QED) is 0.651. The van der Waals surface area contributed by atoms with Gasteiger partial charge in [-0.25, -0.2) is 4.98 Å². The Labute approximate surface area is 134 Å². The fourth-order valence-corrected chi connectivity index (χ4v) is 1.88. The van der Waals surface area contributed by atoms with E-state index in [1.807, 2.05) is 0 Å². The molecule has 0 atom stereocenters. The van der Waals surface area contributed by atoms with Crippen molar-refractivity contribution in [3.8, 4) is 5.69 Å². The van der Waals surface area contributed by atoms with Gasteiger partial charge in [-0.05, 0) is 6.07 Å². The van der Waals surface area contributed by atoms with Crippen molar-refractivity contribution >= 4 is 17.2 Å². The number of pyridine rings is 1. The third-order valence-electron chi connectivity index (χ3n) is 2.79. The molecule has 0 unspecified atom stereocenters. The van der Waals surface area contributed by atoms with E-state index in [1.165, 1.54) is 0 Å². The Morgan fingerprint density at radius 3 is 2.17 bits per heavy atom. The van der Waals surface area contributed by atoms with Gasteiger partial charge in [0.1, 0.15) is 17.0 Å². The standard InChI is InChI=1S/C12H6F6N4OS/c13-11(14,15)5-1-6(9(10(19)24)20-3-5)22-4-21-7(2-8(22)23)12(16,17)18/h1-4H,(H2,19,24). The molecule has 0 saturated carbocycles. The Hall–Kier alpha value is -2.50. The Morgan fingerprint density at radius 2 is 1.71 bits per heavy atom. The SMILES string of the molecule is NC(=S)c1ncc(C(F)(F)F)cc1-n1cnc(C(F)(F)F)cc1=O. The molecular weight excluding hydrogens is 362 g/mol. The fourth-order valence-electron chi connectivity index (χ4n) is 1.72. The van der Waals surface area contributed by atoms with Gasteiger partial charge in [0.05, 0.1) is 11.3 Å². The maximum absolute atomic E-state index is 12.8. The summed E-state index contributed by atoms with van der Waals surface area (Å²) in [6.45, 7) is 0. The first-order valence-corrected chi connectivity index (χ1v) is 6.35. The molecule has 24 heavy (non-hydrogen) atoms. The highest BCUT2D eigenvalue weighted by atomic mass is 32.1. The second-order valence-electron chi connectivity index (χ2n) is 4.43. The molecule has 0 bridgehead atoms. The van der Waals surface area contributed by atoms with Crippen LogP contribution in [0.3, 0.4) is 0 Å². The van der Waals surface area contributed by atoms with E-state index in [2.05, 4.69) is 22.2 Å². The summed E-state index contributed by atoms with van der Waals surface area (Å²) >= 11 is 4.63. The summed E-state index contributed by atoms with van der Waals surface area (Å²) in [5.41, 5.74) is 0.463. The van der Waals surface area contributed by atoms with Crippen molar-refractivity contribution in [3.63, 3.8) is 0 Å². The van der Waals surface area contributed by atoms with Crippen molar-refractivity contribution in [2.45, 2.75) is 12.4 Å². The first-order chi connectivity index (χ1) is 10.9. The van der Waals surface area contributed by atoms with Gasteiger partial charge in [-0.2, -0.15) is 26.3 Å². The molecule has 0 aliphatic heterocycles. The van der Waals surface area contributed by atoms with Gasteiger partial charge in [0.2, 0.25) is 0 Å². The normalized spacial score (nSPS) is 12.2. The lowest BCUT2D eigenvalue weighted by molar-refractivity contribution is -0.141. The molecule has 2 heterocycles. The molecule has 0 spiro atoms. The summed E-state index contributed by atoms with van der Waals surface area (Å²) in [6, 6.07) is 0.640. The molecule has 0 amide bonds. The van der Waals surface area contributed by atoms with Gasteiger partial charge in [0, 0.05) is 12.3 Å². The van der Waals surface area contributed by atoms with E-state index in [9.17, 15) is 31.1 Å². The minimum atomic E-state index is -4.88. The highest BCUT2D eigenvalue weighted by molar-refractivity contribution is 7.80. The Bertz CT molecular complexity index is 858. The topological polar surface area (TPSA) is 73.8 Å². The average Bonchev–Trinajstić information content (AvgIpc) is 2.44. The monoisotopic (exact) mass is 368 g/mol. The molecule has 12 heteroatoms. The van der Waals surface area contributed by atoms with Crippen LogP contribution in [0.2, 0.25) is 0 Å². The van der Waals surface area contributed by atoms with Gasteiger partial charge < -0.3 is 5.73 Å². The number of hydrogen-bond donors (Lipinski definition) is 1. The van der Waals surface area contributed by atoms with Gasteiger partial charge in [-0.1, -0.05) is 12.2 Å². The minimum Gasteiger partial charge on any atom is -0.388 e. The van der Waals surface area contributed by atoms with E-state index in [0.717, 1.165) is 0 Å². The summed E-state index contributed by atoms with van der Waals surface area (Å²) in [5.74, 6) is 0. The average molecular weight is 368 g/mol. The summed E-state index contributed by atoms with van der Waals surface area (Å²) in [7, 11) is 0. The van der Waals surface area contributed by atoms with Crippen molar-refractivity contribution in [3.05, 3.63) is 52.0 Å². The van der Waals surface area contributed by atoms with Crippen LogP contribution in [-0.4, -0.2) is 19.5 Å². The van der Waals surface area contributed by atoms with Gasteiger partial charge >= 0.3 is 12.4 Å². The molecule has 0 saturated heterocycles. The molecule has 0 aliphatic rings. The molecule has 2 aromatic heterocycles. The van der Waals surface area contributed by atoms with Gasteiger partial charge in [0.25, 0.3) is 5.56 Å².